The summed E-state index contributed by atoms with van der Waals surface area (Å²) >= 11 is 7.38. The van der Waals surface area contributed by atoms with E-state index in [2.05, 4.69) is 4.98 Å². The van der Waals surface area contributed by atoms with E-state index in [0.29, 0.717) is 26.7 Å². The quantitative estimate of drug-likeness (QED) is 0.492. The van der Waals surface area contributed by atoms with E-state index in [1.165, 1.54) is 22.2 Å². The molecule has 4 rings (SSSR count). The van der Waals surface area contributed by atoms with Crippen molar-refractivity contribution in [3.05, 3.63) is 76.3 Å². The molecule has 0 fully saturated rings. The van der Waals surface area contributed by atoms with Crippen LogP contribution in [0.15, 0.2) is 65.7 Å². The summed E-state index contributed by atoms with van der Waals surface area (Å²) in [4.78, 5) is 18.4. The second kappa shape index (κ2) is 7.63. The largest absolute Gasteiger partial charge is 0.491 e. The first-order valence-electron chi connectivity index (χ1n) is 9.03. The predicted octanol–water partition coefficient (Wildman–Crippen LogP) is 4.92. The number of aromatic nitrogens is 2. The molecule has 2 aromatic heterocycles. The third kappa shape index (κ3) is 4.34. The topological polar surface area (TPSA) is 64.3 Å². The van der Waals surface area contributed by atoms with Gasteiger partial charge in [-0.3, -0.25) is 9.36 Å². The van der Waals surface area contributed by atoms with Crippen LogP contribution in [0.4, 0.5) is 0 Å². The molecule has 0 amide bonds. The summed E-state index contributed by atoms with van der Waals surface area (Å²) in [6.07, 6.45) is 1.54. The minimum absolute atomic E-state index is 0.120. The smallest absolute Gasteiger partial charge is 0.275 e. The van der Waals surface area contributed by atoms with Crippen LogP contribution in [0.25, 0.3) is 26.3 Å². The van der Waals surface area contributed by atoms with Gasteiger partial charge in [0.1, 0.15) is 23.4 Å². The fourth-order valence-corrected chi connectivity index (χ4v) is 3.99. The Morgan fingerprint density at radius 2 is 1.83 bits per heavy atom. The zero-order chi connectivity index (χ0) is 20.6. The number of aliphatic hydroxyl groups is 1. The number of benzene rings is 2. The van der Waals surface area contributed by atoms with Crippen LogP contribution >= 0.6 is 22.9 Å². The molecular formula is C22H19ClN2O3S. The molecule has 0 aliphatic carbocycles. The first kappa shape index (κ1) is 19.6. The van der Waals surface area contributed by atoms with E-state index in [-0.39, 0.29) is 12.2 Å². The highest BCUT2D eigenvalue weighted by atomic mass is 35.5. The third-order valence-electron chi connectivity index (χ3n) is 4.27. The molecule has 0 radical (unpaired) electrons. The molecule has 0 saturated heterocycles. The lowest BCUT2D eigenvalue weighted by atomic mass is 10.2. The van der Waals surface area contributed by atoms with Gasteiger partial charge in [-0.1, -0.05) is 23.7 Å². The number of fused-ring (bicyclic) bond motifs is 1. The van der Waals surface area contributed by atoms with Gasteiger partial charge in [0.25, 0.3) is 5.56 Å². The van der Waals surface area contributed by atoms with Gasteiger partial charge in [-0.25, -0.2) is 4.98 Å². The minimum Gasteiger partial charge on any atom is -0.491 e. The molecule has 0 unspecified atom stereocenters. The average molecular weight is 427 g/mol. The highest BCUT2D eigenvalue weighted by Crippen LogP contribution is 2.31. The van der Waals surface area contributed by atoms with E-state index in [1.54, 1.807) is 38.1 Å². The maximum absolute atomic E-state index is 13.0. The lowest BCUT2D eigenvalue weighted by Gasteiger charge is -2.17. The van der Waals surface area contributed by atoms with Gasteiger partial charge in [0.05, 0.1) is 16.8 Å². The summed E-state index contributed by atoms with van der Waals surface area (Å²) in [5.74, 6) is 0.624. The van der Waals surface area contributed by atoms with E-state index in [0.717, 1.165) is 10.4 Å². The van der Waals surface area contributed by atoms with Crippen LogP contribution in [-0.2, 0) is 0 Å². The highest BCUT2D eigenvalue weighted by Gasteiger charge is 2.14. The Morgan fingerprint density at radius 1 is 1.14 bits per heavy atom. The van der Waals surface area contributed by atoms with Crippen LogP contribution in [-0.4, -0.2) is 26.9 Å². The van der Waals surface area contributed by atoms with Crippen molar-refractivity contribution >= 4 is 33.2 Å². The first-order chi connectivity index (χ1) is 13.8. The zero-order valence-electron chi connectivity index (χ0n) is 15.9. The van der Waals surface area contributed by atoms with Gasteiger partial charge >= 0.3 is 0 Å². The standard InChI is InChI=1S/C22H19ClN2O3S/c1-22(2,27)12-28-17-9-7-16(8-10-17)25-13-24-18-11-19(29-20(18)21(25)26)14-3-5-15(23)6-4-14/h3-11,13,27H,12H2,1-2H3. The molecule has 7 heteroatoms. The lowest BCUT2D eigenvalue weighted by molar-refractivity contribution is 0.0285. The summed E-state index contributed by atoms with van der Waals surface area (Å²) in [7, 11) is 0. The van der Waals surface area contributed by atoms with Crippen LogP contribution < -0.4 is 10.3 Å². The van der Waals surface area contributed by atoms with E-state index >= 15 is 0 Å². The molecule has 0 atom stereocenters. The molecule has 29 heavy (non-hydrogen) atoms. The monoisotopic (exact) mass is 426 g/mol. The SMILES string of the molecule is CC(C)(O)COc1ccc(-n2cnc3cc(-c4ccc(Cl)cc4)sc3c2=O)cc1. The Morgan fingerprint density at radius 3 is 2.48 bits per heavy atom. The predicted molar refractivity (Wildman–Crippen MR) is 117 cm³/mol. The second-order valence-corrected chi connectivity index (χ2v) is 8.84. The average Bonchev–Trinajstić information content (AvgIpc) is 3.12. The fraction of sp³-hybridized carbons (Fsp3) is 0.182. The molecule has 148 valence electrons. The maximum Gasteiger partial charge on any atom is 0.275 e. The van der Waals surface area contributed by atoms with Crippen LogP contribution in [0.3, 0.4) is 0 Å². The maximum atomic E-state index is 13.0. The van der Waals surface area contributed by atoms with E-state index < -0.39 is 5.60 Å². The molecule has 4 aromatic rings. The van der Waals surface area contributed by atoms with Crippen LogP contribution in [0.2, 0.25) is 5.02 Å². The van der Waals surface area contributed by atoms with E-state index in [4.69, 9.17) is 16.3 Å². The minimum atomic E-state index is -0.911. The zero-order valence-corrected chi connectivity index (χ0v) is 17.5. The Bertz CT molecular complexity index is 1210. The van der Waals surface area contributed by atoms with Crippen molar-refractivity contribution in [3.8, 4) is 21.9 Å². The number of rotatable bonds is 5. The van der Waals surface area contributed by atoms with Crippen molar-refractivity contribution in [3.63, 3.8) is 0 Å². The van der Waals surface area contributed by atoms with Crippen molar-refractivity contribution < 1.29 is 9.84 Å². The number of thiophene rings is 1. The molecule has 0 spiro atoms. The number of hydrogen-bond acceptors (Lipinski definition) is 5. The fourth-order valence-electron chi connectivity index (χ4n) is 2.82. The molecule has 0 saturated carbocycles. The lowest BCUT2D eigenvalue weighted by Crippen LogP contribution is -2.27. The Hall–Kier alpha value is -2.67. The molecule has 2 heterocycles. The third-order valence-corrected chi connectivity index (χ3v) is 5.69. The Balaban J connectivity index is 1.65. The normalized spacial score (nSPS) is 11.7. The number of nitrogens with zero attached hydrogens (tertiary/aromatic N) is 2. The van der Waals surface area contributed by atoms with Crippen molar-refractivity contribution in [2.45, 2.75) is 19.4 Å². The molecule has 0 bridgehead atoms. The van der Waals surface area contributed by atoms with Gasteiger partial charge in [-0.05, 0) is 61.9 Å². The second-order valence-electron chi connectivity index (χ2n) is 7.35. The van der Waals surface area contributed by atoms with Gasteiger partial charge in [-0.15, -0.1) is 11.3 Å². The van der Waals surface area contributed by atoms with Gasteiger partial charge in [0.2, 0.25) is 0 Å². The van der Waals surface area contributed by atoms with Gasteiger partial charge in [0, 0.05) is 9.90 Å². The van der Waals surface area contributed by atoms with Crippen molar-refractivity contribution in [2.75, 3.05) is 6.61 Å². The van der Waals surface area contributed by atoms with Crippen molar-refractivity contribution in [1.82, 2.24) is 9.55 Å². The summed E-state index contributed by atoms with van der Waals surface area (Å²) in [6, 6.07) is 16.6. The molecule has 1 N–H and O–H groups in total. The Kier molecular flexibility index (Phi) is 5.17. The van der Waals surface area contributed by atoms with E-state index in [1.807, 2.05) is 30.3 Å². The van der Waals surface area contributed by atoms with Crippen LogP contribution in [0.5, 0.6) is 5.75 Å². The molecule has 0 aliphatic rings. The highest BCUT2D eigenvalue weighted by molar-refractivity contribution is 7.22. The molecule has 2 aromatic carbocycles. The summed E-state index contributed by atoms with van der Waals surface area (Å²) in [6.45, 7) is 3.55. The van der Waals surface area contributed by atoms with Gasteiger partial charge in [0.15, 0.2) is 0 Å². The molecule has 5 nitrogen and oxygen atoms in total. The summed E-state index contributed by atoms with van der Waals surface area (Å²) < 4.78 is 7.68. The first-order valence-corrected chi connectivity index (χ1v) is 10.2. The number of halogens is 1. The number of ether oxygens (including phenoxy) is 1. The van der Waals surface area contributed by atoms with Gasteiger partial charge < -0.3 is 9.84 Å². The summed E-state index contributed by atoms with van der Waals surface area (Å²) in [5.41, 5.74) is 1.33. The molecule has 0 aliphatic heterocycles. The summed E-state index contributed by atoms with van der Waals surface area (Å²) in [5, 5.41) is 10.4. The van der Waals surface area contributed by atoms with Crippen LogP contribution in [0, 0.1) is 0 Å². The van der Waals surface area contributed by atoms with Crippen molar-refractivity contribution in [2.24, 2.45) is 0 Å². The number of hydrogen-bond donors (Lipinski definition) is 1. The van der Waals surface area contributed by atoms with Crippen LogP contribution in [0.1, 0.15) is 13.8 Å². The molecular weight excluding hydrogens is 408 g/mol. The Labute approximate surface area is 176 Å². The van der Waals surface area contributed by atoms with Gasteiger partial charge in [-0.2, -0.15) is 0 Å². The van der Waals surface area contributed by atoms with E-state index in [9.17, 15) is 9.90 Å². The van der Waals surface area contributed by atoms with Crippen molar-refractivity contribution in [1.29, 1.82) is 0 Å².